The largest absolute Gasteiger partial charge is 0.363 e. The highest BCUT2D eigenvalue weighted by Crippen LogP contribution is 2.06. The summed E-state index contributed by atoms with van der Waals surface area (Å²) in [5, 5.41) is 0.861. The van der Waals surface area contributed by atoms with Crippen LogP contribution in [0.15, 0.2) is 18.5 Å². The van der Waals surface area contributed by atoms with Gasteiger partial charge in [-0.3, -0.25) is 4.79 Å². The molecule has 0 aliphatic carbocycles. The van der Waals surface area contributed by atoms with E-state index in [1.165, 1.54) is 0 Å². The van der Waals surface area contributed by atoms with E-state index in [9.17, 15) is 4.79 Å². The van der Waals surface area contributed by atoms with Crippen LogP contribution in [0.3, 0.4) is 0 Å². The van der Waals surface area contributed by atoms with Crippen LogP contribution in [0.25, 0.3) is 11.0 Å². The maximum absolute atomic E-state index is 10.6. The van der Waals surface area contributed by atoms with Crippen LogP contribution in [0, 0.1) is 0 Å². The molecule has 2 rings (SSSR count). The van der Waals surface area contributed by atoms with Gasteiger partial charge >= 0.3 is 0 Å². The number of fused-ring (bicyclic) bond motifs is 1. The van der Waals surface area contributed by atoms with E-state index in [0.29, 0.717) is 5.65 Å². The number of H-pyrrole nitrogens is 1. The molecular formula is C7H6N4O. The zero-order valence-electron chi connectivity index (χ0n) is 6.11. The number of hydrogen-bond donors (Lipinski definition) is 2. The van der Waals surface area contributed by atoms with E-state index in [4.69, 9.17) is 5.73 Å². The van der Waals surface area contributed by atoms with Gasteiger partial charge in [-0.1, -0.05) is 0 Å². The predicted molar refractivity (Wildman–Crippen MR) is 42.4 cm³/mol. The summed E-state index contributed by atoms with van der Waals surface area (Å²) in [5.74, 6) is -0.587. The van der Waals surface area contributed by atoms with Gasteiger partial charge in [0, 0.05) is 17.8 Å². The Labute approximate surface area is 67.6 Å². The monoisotopic (exact) mass is 162 g/mol. The van der Waals surface area contributed by atoms with Gasteiger partial charge in [-0.15, -0.1) is 0 Å². The van der Waals surface area contributed by atoms with Crippen molar-refractivity contribution in [1.29, 1.82) is 0 Å². The third-order valence-electron chi connectivity index (χ3n) is 1.52. The van der Waals surface area contributed by atoms with Gasteiger partial charge in [0.15, 0.2) is 0 Å². The SMILES string of the molecule is NC(=O)c1ncc2cc[nH]c2n1. The number of nitrogens with two attached hydrogens (primary N) is 1. The Bertz CT molecular complexity index is 434. The Morgan fingerprint density at radius 1 is 1.58 bits per heavy atom. The molecular weight excluding hydrogens is 156 g/mol. The molecule has 0 radical (unpaired) electrons. The minimum absolute atomic E-state index is 0.0324. The minimum atomic E-state index is -0.619. The summed E-state index contributed by atoms with van der Waals surface area (Å²) in [4.78, 5) is 21.2. The van der Waals surface area contributed by atoms with E-state index in [1.54, 1.807) is 12.4 Å². The van der Waals surface area contributed by atoms with E-state index in [2.05, 4.69) is 15.0 Å². The zero-order chi connectivity index (χ0) is 8.55. The molecule has 5 heteroatoms. The number of aromatic nitrogens is 3. The third kappa shape index (κ3) is 0.914. The number of amides is 1. The van der Waals surface area contributed by atoms with Crippen LogP contribution in [0.5, 0.6) is 0 Å². The number of primary amides is 1. The third-order valence-corrected chi connectivity index (χ3v) is 1.52. The molecule has 60 valence electrons. The average Bonchev–Trinajstić information content (AvgIpc) is 2.49. The second-order valence-electron chi connectivity index (χ2n) is 2.34. The summed E-state index contributed by atoms with van der Waals surface area (Å²) in [7, 11) is 0. The van der Waals surface area contributed by atoms with Crippen LogP contribution < -0.4 is 5.73 Å². The van der Waals surface area contributed by atoms with Crippen molar-refractivity contribution in [2.75, 3.05) is 0 Å². The smallest absolute Gasteiger partial charge is 0.286 e. The summed E-state index contributed by atoms with van der Waals surface area (Å²) >= 11 is 0. The van der Waals surface area contributed by atoms with Crippen molar-refractivity contribution in [1.82, 2.24) is 15.0 Å². The van der Waals surface area contributed by atoms with Crippen molar-refractivity contribution < 1.29 is 4.79 Å². The number of carbonyl (C=O) groups is 1. The van der Waals surface area contributed by atoms with Crippen LogP contribution in [-0.2, 0) is 0 Å². The molecule has 2 aromatic rings. The molecule has 1 amide bonds. The quantitative estimate of drug-likeness (QED) is 0.621. The lowest BCUT2D eigenvalue weighted by Gasteiger charge is -1.92. The zero-order valence-corrected chi connectivity index (χ0v) is 6.11. The van der Waals surface area contributed by atoms with E-state index in [1.807, 2.05) is 6.07 Å². The fourth-order valence-corrected chi connectivity index (χ4v) is 0.958. The van der Waals surface area contributed by atoms with Crippen LogP contribution in [-0.4, -0.2) is 20.9 Å². The second-order valence-corrected chi connectivity index (χ2v) is 2.34. The summed E-state index contributed by atoms with van der Waals surface area (Å²) in [6.45, 7) is 0. The first kappa shape index (κ1) is 6.78. The lowest BCUT2D eigenvalue weighted by Crippen LogP contribution is -2.14. The van der Waals surface area contributed by atoms with Crippen LogP contribution >= 0.6 is 0 Å². The van der Waals surface area contributed by atoms with Crippen molar-refractivity contribution in [3.8, 4) is 0 Å². The Kier molecular flexibility index (Phi) is 1.30. The number of rotatable bonds is 1. The van der Waals surface area contributed by atoms with E-state index < -0.39 is 5.91 Å². The van der Waals surface area contributed by atoms with Crippen LogP contribution in [0.2, 0.25) is 0 Å². The number of aromatic amines is 1. The number of nitrogens with zero attached hydrogens (tertiary/aromatic N) is 2. The molecule has 2 heterocycles. The lowest BCUT2D eigenvalue weighted by atomic mass is 10.4. The molecule has 0 aliphatic rings. The molecule has 0 aliphatic heterocycles. The maximum atomic E-state index is 10.6. The molecule has 12 heavy (non-hydrogen) atoms. The standard InChI is InChI=1S/C7H6N4O/c8-5(12)7-10-3-4-1-2-9-6(4)11-7/h1-3H,(H2,8,12)(H,9,10,11). The van der Waals surface area contributed by atoms with Gasteiger partial charge in [0.25, 0.3) is 5.91 Å². The summed E-state index contributed by atoms with van der Waals surface area (Å²) < 4.78 is 0. The summed E-state index contributed by atoms with van der Waals surface area (Å²) in [6, 6.07) is 1.82. The van der Waals surface area contributed by atoms with E-state index >= 15 is 0 Å². The summed E-state index contributed by atoms with van der Waals surface area (Å²) in [6.07, 6.45) is 3.28. The Morgan fingerprint density at radius 2 is 2.42 bits per heavy atom. The number of nitrogens with one attached hydrogen (secondary N) is 1. The highest BCUT2D eigenvalue weighted by atomic mass is 16.1. The molecule has 0 aromatic carbocycles. The van der Waals surface area contributed by atoms with Crippen molar-refractivity contribution in [2.45, 2.75) is 0 Å². The van der Waals surface area contributed by atoms with Crippen molar-refractivity contribution in [3.05, 3.63) is 24.3 Å². The second kappa shape index (κ2) is 2.30. The first-order valence-corrected chi connectivity index (χ1v) is 3.37. The van der Waals surface area contributed by atoms with Crippen molar-refractivity contribution >= 4 is 16.9 Å². The predicted octanol–water partition coefficient (Wildman–Crippen LogP) is 0.0568. The number of hydrogen-bond acceptors (Lipinski definition) is 3. The highest BCUT2D eigenvalue weighted by Gasteiger charge is 2.04. The highest BCUT2D eigenvalue weighted by molar-refractivity contribution is 5.90. The van der Waals surface area contributed by atoms with E-state index in [0.717, 1.165) is 5.39 Å². The van der Waals surface area contributed by atoms with Crippen molar-refractivity contribution in [3.63, 3.8) is 0 Å². The molecule has 0 fully saturated rings. The molecule has 0 atom stereocenters. The molecule has 2 aromatic heterocycles. The molecule has 0 saturated heterocycles. The lowest BCUT2D eigenvalue weighted by molar-refractivity contribution is 0.0991. The van der Waals surface area contributed by atoms with E-state index in [-0.39, 0.29) is 5.82 Å². The van der Waals surface area contributed by atoms with Crippen molar-refractivity contribution in [2.24, 2.45) is 5.73 Å². The van der Waals surface area contributed by atoms with Gasteiger partial charge in [0.05, 0.1) is 0 Å². The van der Waals surface area contributed by atoms with Gasteiger partial charge in [0.2, 0.25) is 5.82 Å². The van der Waals surface area contributed by atoms with Crippen LogP contribution in [0.4, 0.5) is 0 Å². The van der Waals surface area contributed by atoms with Gasteiger partial charge in [-0.2, -0.15) is 0 Å². The Hall–Kier alpha value is -1.91. The minimum Gasteiger partial charge on any atom is -0.363 e. The van der Waals surface area contributed by atoms with Gasteiger partial charge < -0.3 is 10.7 Å². The molecule has 0 bridgehead atoms. The average molecular weight is 162 g/mol. The fourth-order valence-electron chi connectivity index (χ4n) is 0.958. The first-order chi connectivity index (χ1) is 5.77. The molecule has 0 saturated carbocycles. The molecule has 3 N–H and O–H groups in total. The van der Waals surface area contributed by atoms with Crippen LogP contribution in [0.1, 0.15) is 10.6 Å². The molecule has 5 nitrogen and oxygen atoms in total. The maximum Gasteiger partial charge on any atom is 0.286 e. The van der Waals surface area contributed by atoms with Gasteiger partial charge in [-0.05, 0) is 6.07 Å². The molecule has 0 spiro atoms. The van der Waals surface area contributed by atoms with Gasteiger partial charge in [-0.25, -0.2) is 9.97 Å². The normalized spacial score (nSPS) is 10.3. The van der Waals surface area contributed by atoms with Gasteiger partial charge in [0.1, 0.15) is 5.65 Å². The first-order valence-electron chi connectivity index (χ1n) is 3.37. The summed E-state index contributed by atoms with van der Waals surface area (Å²) in [5.41, 5.74) is 5.62. The number of carbonyl (C=O) groups excluding carboxylic acids is 1. The Balaban J connectivity index is 2.68. The molecule has 0 unspecified atom stereocenters. The topological polar surface area (TPSA) is 84.7 Å². The Morgan fingerprint density at radius 3 is 3.17 bits per heavy atom. The fraction of sp³-hybridized carbons (Fsp3) is 0.